The third-order valence-corrected chi connectivity index (χ3v) is 4.96. The molecule has 0 spiro atoms. The van der Waals surface area contributed by atoms with E-state index < -0.39 is 0 Å². The number of rotatable bonds is 6. The molecule has 0 N–H and O–H groups in total. The minimum Gasteiger partial charge on any atom is -0.496 e. The topological polar surface area (TPSA) is 12.5 Å². The zero-order valence-corrected chi connectivity index (χ0v) is 15.1. The summed E-state index contributed by atoms with van der Waals surface area (Å²) in [4.78, 5) is 2.64. The number of ether oxygens (including phenoxy) is 1. The molecule has 2 rings (SSSR count). The smallest absolute Gasteiger partial charge is 0.122 e. The fourth-order valence-corrected chi connectivity index (χ4v) is 3.39. The Kier molecular flexibility index (Phi) is 6.31. The van der Waals surface area contributed by atoms with Gasteiger partial charge in [-0.15, -0.1) is 0 Å². The summed E-state index contributed by atoms with van der Waals surface area (Å²) in [7, 11) is 1.79. The van der Waals surface area contributed by atoms with E-state index in [9.17, 15) is 0 Å². The second kappa shape index (κ2) is 8.01. The first-order valence-electron chi connectivity index (χ1n) is 8.91. The molecule has 1 aromatic rings. The van der Waals surface area contributed by atoms with Crippen LogP contribution in [0.2, 0.25) is 0 Å². The second-order valence-electron chi connectivity index (χ2n) is 7.45. The number of hydrogen-bond acceptors (Lipinski definition) is 2. The molecule has 1 aliphatic rings. The molecule has 1 aliphatic heterocycles. The zero-order chi connectivity index (χ0) is 16.1. The Morgan fingerprint density at radius 2 is 1.82 bits per heavy atom. The lowest BCUT2D eigenvalue weighted by atomic mass is 9.87. The molecule has 0 bridgehead atoms. The van der Waals surface area contributed by atoms with Crippen LogP contribution in [0, 0.1) is 5.92 Å². The Morgan fingerprint density at radius 1 is 1.14 bits per heavy atom. The van der Waals surface area contributed by atoms with Gasteiger partial charge in [0.25, 0.3) is 0 Å². The van der Waals surface area contributed by atoms with Crippen LogP contribution in [0.25, 0.3) is 0 Å². The predicted molar refractivity (Wildman–Crippen MR) is 95.0 cm³/mol. The number of likely N-dealkylation sites (tertiary alicyclic amines) is 1. The van der Waals surface area contributed by atoms with Crippen molar-refractivity contribution in [3.05, 3.63) is 29.3 Å². The van der Waals surface area contributed by atoms with Gasteiger partial charge in [0.05, 0.1) is 7.11 Å². The summed E-state index contributed by atoms with van der Waals surface area (Å²) in [6.07, 6.45) is 3.88. The van der Waals surface area contributed by atoms with Gasteiger partial charge in [-0.05, 0) is 73.8 Å². The van der Waals surface area contributed by atoms with Crippen molar-refractivity contribution in [3.8, 4) is 5.75 Å². The number of nitrogens with zero attached hydrogens (tertiary/aromatic N) is 1. The van der Waals surface area contributed by atoms with Crippen LogP contribution in [-0.2, 0) is 0 Å². The maximum atomic E-state index is 5.61. The molecule has 1 heterocycles. The molecule has 2 heteroatoms. The summed E-state index contributed by atoms with van der Waals surface area (Å²) in [6.45, 7) is 12.8. The number of benzene rings is 1. The summed E-state index contributed by atoms with van der Waals surface area (Å²) in [6, 6.07) is 6.88. The van der Waals surface area contributed by atoms with Gasteiger partial charge in [-0.2, -0.15) is 0 Å². The van der Waals surface area contributed by atoms with Gasteiger partial charge in [0.1, 0.15) is 5.75 Å². The molecule has 0 radical (unpaired) electrons. The van der Waals surface area contributed by atoms with Gasteiger partial charge in [-0.3, -0.25) is 0 Å². The molecule has 1 saturated heterocycles. The largest absolute Gasteiger partial charge is 0.496 e. The van der Waals surface area contributed by atoms with Crippen molar-refractivity contribution in [3.63, 3.8) is 0 Å². The third-order valence-electron chi connectivity index (χ3n) is 4.96. The molecule has 0 aliphatic carbocycles. The predicted octanol–water partition coefficient (Wildman–Crippen LogP) is 5.04. The van der Waals surface area contributed by atoms with Gasteiger partial charge in [0.15, 0.2) is 0 Å². The lowest BCUT2D eigenvalue weighted by Crippen LogP contribution is -2.34. The zero-order valence-electron chi connectivity index (χ0n) is 15.1. The first-order valence-corrected chi connectivity index (χ1v) is 8.91. The highest BCUT2D eigenvalue weighted by molar-refractivity contribution is 5.40. The minimum absolute atomic E-state index is 0.516. The summed E-state index contributed by atoms with van der Waals surface area (Å²) < 4.78 is 5.61. The Balaban J connectivity index is 1.96. The normalized spacial score (nSPS) is 17.4. The number of piperidine rings is 1. The van der Waals surface area contributed by atoms with Crippen molar-refractivity contribution in [1.82, 2.24) is 4.90 Å². The van der Waals surface area contributed by atoms with E-state index >= 15 is 0 Å². The van der Waals surface area contributed by atoms with Crippen molar-refractivity contribution in [2.75, 3.05) is 26.7 Å². The van der Waals surface area contributed by atoms with Crippen LogP contribution in [0.4, 0.5) is 0 Å². The average Bonchev–Trinajstić information content (AvgIpc) is 2.52. The van der Waals surface area contributed by atoms with Crippen LogP contribution in [0.5, 0.6) is 5.75 Å². The first kappa shape index (κ1) is 17.3. The maximum Gasteiger partial charge on any atom is 0.122 e. The molecule has 0 amide bonds. The standard InChI is InChI=1S/C20H33NO/c1-15(2)8-11-21-12-9-17(10-13-21)18-6-7-19(16(3)4)20(14-18)22-5/h6-7,14-17H,8-13H2,1-5H3. The van der Waals surface area contributed by atoms with Crippen LogP contribution in [0.1, 0.15) is 69.9 Å². The number of hydrogen-bond donors (Lipinski definition) is 0. The first-order chi connectivity index (χ1) is 10.5. The van der Waals surface area contributed by atoms with Gasteiger partial charge in [0, 0.05) is 0 Å². The quantitative estimate of drug-likeness (QED) is 0.729. The molecule has 0 unspecified atom stereocenters. The highest BCUT2D eigenvalue weighted by atomic mass is 16.5. The van der Waals surface area contributed by atoms with Crippen molar-refractivity contribution >= 4 is 0 Å². The van der Waals surface area contributed by atoms with Crippen molar-refractivity contribution < 1.29 is 4.74 Å². The fourth-order valence-electron chi connectivity index (χ4n) is 3.39. The molecule has 0 atom stereocenters. The van der Waals surface area contributed by atoms with E-state index in [1.54, 1.807) is 7.11 Å². The SMILES string of the molecule is COc1cc(C2CCN(CCC(C)C)CC2)ccc1C(C)C. The van der Waals surface area contributed by atoms with Gasteiger partial charge in [0.2, 0.25) is 0 Å². The van der Waals surface area contributed by atoms with E-state index in [0.717, 1.165) is 11.7 Å². The van der Waals surface area contributed by atoms with E-state index in [0.29, 0.717) is 11.8 Å². The monoisotopic (exact) mass is 303 g/mol. The molecule has 22 heavy (non-hydrogen) atoms. The minimum atomic E-state index is 0.516. The van der Waals surface area contributed by atoms with Crippen LogP contribution >= 0.6 is 0 Å². The number of methoxy groups -OCH3 is 1. The summed E-state index contributed by atoms with van der Waals surface area (Å²) >= 11 is 0. The Morgan fingerprint density at radius 3 is 2.36 bits per heavy atom. The van der Waals surface area contributed by atoms with Crippen LogP contribution in [-0.4, -0.2) is 31.6 Å². The van der Waals surface area contributed by atoms with E-state index in [1.807, 2.05) is 0 Å². The van der Waals surface area contributed by atoms with E-state index in [4.69, 9.17) is 4.74 Å². The fraction of sp³-hybridized carbons (Fsp3) is 0.700. The Hall–Kier alpha value is -1.02. The van der Waals surface area contributed by atoms with Crippen LogP contribution in [0.15, 0.2) is 18.2 Å². The molecular formula is C20H33NO. The Bertz CT molecular complexity index is 459. The molecular weight excluding hydrogens is 270 g/mol. The van der Waals surface area contributed by atoms with Crippen LogP contribution < -0.4 is 4.74 Å². The molecule has 1 aromatic carbocycles. The summed E-state index contributed by atoms with van der Waals surface area (Å²) in [5.41, 5.74) is 2.78. The lowest BCUT2D eigenvalue weighted by Gasteiger charge is -2.32. The van der Waals surface area contributed by atoms with E-state index in [-0.39, 0.29) is 0 Å². The van der Waals surface area contributed by atoms with Crippen molar-refractivity contribution in [2.24, 2.45) is 5.92 Å². The Labute approximate surface area is 136 Å². The van der Waals surface area contributed by atoms with Gasteiger partial charge >= 0.3 is 0 Å². The van der Waals surface area contributed by atoms with E-state index in [1.165, 1.54) is 50.0 Å². The average molecular weight is 303 g/mol. The maximum absolute atomic E-state index is 5.61. The second-order valence-corrected chi connectivity index (χ2v) is 7.45. The van der Waals surface area contributed by atoms with Gasteiger partial charge < -0.3 is 9.64 Å². The highest BCUT2D eigenvalue weighted by Gasteiger charge is 2.21. The molecule has 1 fully saturated rings. The lowest BCUT2D eigenvalue weighted by molar-refractivity contribution is 0.202. The highest BCUT2D eigenvalue weighted by Crippen LogP contribution is 2.34. The summed E-state index contributed by atoms with van der Waals surface area (Å²) in [5.74, 6) is 3.09. The molecule has 0 aromatic heterocycles. The molecule has 0 saturated carbocycles. The van der Waals surface area contributed by atoms with Crippen molar-refractivity contribution in [1.29, 1.82) is 0 Å². The van der Waals surface area contributed by atoms with Crippen molar-refractivity contribution in [2.45, 2.75) is 58.8 Å². The van der Waals surface area contributed by atoms with Gasteiger partial charge in [-0.1, -0.05) is 39.8 Å². The summed E-state index contributed by atoms with van der Waals surface area (Å²) in [5, 5.41) is 0. The van der Waals surface area contributed by atoms with Crippen LogP contribution in [0.3, 0.4) is 0 Å². The third kappa shape index (κ3) is 4.49. The van der Waals surface area contributed by atoms with E-state index in [2.05, 4.69) is 50.8 Å². The molecule has 2 nitrogen and oxygen atoms in total. The molecule has 124 valence electrons. The van der Waals surface area contributed by atoms with Gasteiger partial charge in [-0.25, -0.2) is 0 Å².